The van der Waals surface area contributed by atoms with Crippen molar-refractivity contribution >= 4 is 30.7 Å². The number of hydrogen-bond donors (Lipinski definition) is 1. The molecule has 1 amide bonds. The molecule has 2 aromatic rings. The number of likely N-dealkylation sites (tertiary alicyclic amines) is 1. The van der Waals surface area contributed by atoms with Crippen LogP contribution < -0.4 is 5.32 Å². The van der Waals surface area contributed by atoms with Gasteiger partial charge < -0.3 is 10.2 Å². The van der Waals surface area contributed by atoms with Crippen LogP contribution in [0.25, 0.3) is 11.1 Å². The van der Waals surface area contributed by atoms with Gasteiger partial charge in [-0.1, -0.05) is 29.8 Å². The van der Waals surface area contributed by atoms with Crippen molar-refractivity contribution in [1.82, 2.24) is 15.2 Å². The van der Waals surface area contributed by atoms with E-state index in [1.165, 1.54) is 5.56 Å². The summed E-state index contributed by atoms with van der Waals surface area (Å²) >= 11 is 0. The third-order valence-corrected chi connectivity index (χ3v) is 4.76. The van der Waals surface area contributed by atoms with E-state index in [0.717, 1.165) is 43.6 Å². The smallest absolute Gasteiger partial charge is 0.255 e. The van der Waals surface area contributed by atoms with Crippen LogP contribution in [0.15, 0.2) is 42.7 Å². The van der Waals surface area contributed by atoms with Gasteiger partial charge in [-0.15, -0.1) is 24.8 Å². The van der Waals surface area contributed by atoms with E-state index in [9.17, 15) is 4.79 Å². The summed E-state index contributed by atoms with van der Waals surface area (Å²) in [5, 5.41) is 3.23. The Morgan fingerprint density at radius 2 is 1.77 bits per heavy atom. The number of carbonyl (C=O) groups excluding carboxylic acids is 1. The molecule has 1 saturated heterocycles. The van der Waals surface area contributed by atoms with E-state index in [1.807, 2.05) is 24.2 Å². The summed E-state index contributed by atoms with van der Waals surface area (Å²) < 4.78 is 0. The van der Waals surface area contributed by atoms with Gasteiger partial charge in [0.25, 0.3) is 5.91 Å². The average Bonchev–Trinajstić information content (AvgIpc) is 2.63. The third kappa shape index (κ3) is 5.44. The normalized spacial score (nSPS) is 14.3. The maximum Gasteiger partial charge on any atom is 0.255 e. The van der Waals surface area contributed by atoms with Crippen molar-refractivity contribution in [1.29, 1.82) is 0 Å². The minimum atomic E-state index is 0. The number of amides is 1. The first-order valence-electron chi connectivity index (χ1n) is 8.63. The number of pyridine rings is 1. The summed E-state index contributed by atoms with van der Waals surface area (Å²) in [4.78, 5) is 19.0. The summed E-state index contributed by atoms with van der Waals surface area (Å²) in [6.07, 6.45) is 5.63. The summed E-state index contributed by atoms with van der Waals surface area (Å²) in [5.74, 6) is 0.774. The lowest BCUT2D eigenvalue weighted by Gasteiger charge is -2.32. The predicted molar refractivity (Wildman–Crippen MR) is 111 cm³/mol. The Bertz CT molecular complexity index is 698. The van der Waals surface area contributed by atoms with Crippen molar-refractivity contribution in [2.45, 2.75) is 19.8 Å². The molecule has 2 heterocycles. The number of hydrogen-bond acceptors (Lipinski definition) is 3. The Hall–Kier alpha value is -1.62. The van der Waals surface area contributed by atoms with Crippen molar-refractivity contribution in [2.24, 2.45) is 5.92 Å². The molecule has 0 aliphatic carbocycles. The molecule has 0 atom stereocenters. The van der Waals surface area contributed by atoms with Crippen molar-refractivity contribution < 1.29 is 4.79 Å². The molecular formula is C20H27Cl2N3O. The van der Waals surface area contributed by atoms with Gasteiger partial charge in [-0.2, -0.15) is 0 Å². The van der Waals surface area contributed by atoms with Gasteiger partial charge in [0.2, 0.25) is 0 Å². The van der Waals surface area contributed by atoms with Crippen LogP contribution in [-0.4, -0.2) is 42.5 Å². The first-order chi connectivity index (χ1) is 11.7. The van der Waals surface area contributed by atoms with Crippen LogP contribution >= 0.6 is 24.8 Å². The lowest BCUT2D eigenvalue weighted by molar-refractivity contribution is 0.0690. The second-order valence-corrected chi connectivity index (χ2v) is 6.62. The first-order valence-corrected chi connectivity index (χ1v) is 8.63. The maximum absolute atomic E-state index is 12.8. The number of benzene rings is 1. The predicted octanol–water partition coefficient (Wildman–Crippen LogP) is 3.97. The summed E-state index contributed by atoms with van der Waals surface area (Å²) in [6.45, 7) is 4.77. The lowest BCUT2D eigenvalue weighted by atomic mass is 9.96. The third-order valence-electron chi connectivity index (χ3n) is 4.76. The first kappa shape index (κ1) is 22.4. The number of aryl methyl sites for hydroxylation is 1. The van der Waals surface area contributed by atoms with Gasteiger partial charge >= 0.3 is 0 Å². The highest BCUT2D eigenvalue weighted by atomic mass is 35.5. The quantitative estimate of drug-likeness (QED) is 0.851. The van der Waals surface area contributed by atoms with Crippen molar-refractivity contribution in [3.8, 4) is 11.1 Å². The number of rotatable bonds is 4. The molecule has 1 aromatic carbocycles. The van der Waals surface area contributed by atoms with E-state index < -0.39 is 0 Å². The molecule has 1 N–H and O–H groups in total. The largest absolute Gasteiger partial charge is 0.339 e. The van der Waals surface area contributed by atoms with Crippen molar-refractivity contribution in [3.63, 3.8) is 0 Å². The molecule has 1 aliphatic heterocycles. The van der Waals surface area contributed by atoms with Crippen LogP contribution in [0, 0.1) is 12.8 Å². The molecular weight excluding hydrogens is 369 g/mol. The van der Waals surface area contributed by atoms with Gasteiger partial charge in [-0.05, 0) is 50.9 Å². The lowest BCUT2D eigenvalue weighted by Crippen LogP contribution is -2.40. The van der Waals surface area contributed by atoms with Crippen LogP contribution in [0.3, 0.4) is 0 Å². The zero-order chi connectivity index (χ0) is 16.9. The molecule has 1 aromatic heterocycles. The van der Waals surface area contributed by atoms with Gasteiger partial charge in [0.15, 0.2) is 0 Å². The second kappa shape index (κ2) is 10.5. The van der Waals surface area contributed by atoms with Crippen LogP contribution in [0.4, 0.5) is 0 Å². The maximum atomic E-state index is 12.8. The minimum absolute atomic E-state index is 0. The highest BCUT2D eigenvalue weighted by Gasteiger charge is 2.23. The fourth-order valence-electron chi connectivity index (χ4n) is 3.27. The van der Waals surface area contributed by atoms with E-state index in [0.29, 0.717) is 11.5 Å². The van der Waals surface area contributed by atoms with Crippen molar-refractivity contribution in [2.75, 3.05) is 26.7 Å². The molecule has 3 rings (SSSR count). The monoisotopic (exact) mass is 395 g/mol. The molecule has 0 bridgehead atoms. The van der Waals surface area contributed by atoms with E-state index in [4.69, 9.17) is 0 Å². The Balaban J connectivity index is 0.00000169. The molecule has 0 unspecified atom stereocenters. The number of halogens is 2. The van der Waals surface area contributed by atoms with Gasteiger partial charge in [-0.3, -0.25) is 9.78 Å². The number of carbonyl (C=O) groups is 1. The number of aromatic nitrogens is 1. The van der Waals surface area contributed by atoms with Crippen molar-refractivity contribution in [3.05, 3.63) is 53.9 Å². The number of piperidine rings is 1. The highest BCUT2D eigenvalue weighted by Crippen LogP contribution is 2.22. The second-order valence-electron chi connectivity index (χ2n) is 6.62. The minimum Gasteiger partial charge on any atom is -0.339 e. The van der Waals surface area contributed by atoms with E-state index in [1.54, 1.807) is 6.20 Å². The molecule has 1 fully saturated rings. The molecule has 0 saturated carbocycles. The molecule has 4 nitrogen and oxygen atoms in total. The Morgan fingerprint density at radius 3 is 2.38 bits per heavy atom. The number of nitrogens with zero attached hydrogens (tertiary/aromatic N) is 2. The van der Waals surface area contributed by atoms with Gasteiger partial charge in [-0.25, -0.2) is 0 Å². The zero-order valence-corrected chi connectivity index (χ0v) is 16.9. The summed E-state index contributed by atoms with van der Waals surface area (Å²) in [5.41, 5.74) is 3.99. The summed E-state index contributed by atoms with van der Waals surface area (Å²) in [7, 11) is 1.99. The van der Waals surface area contributed by atoms with Crippen LogP contribution in [0.5, 0.6) is 0 Å². The molecule has 0 spiro atoms. The molecule has 26 heavy (non-hydrogen) atoms. The van der Waals surface area contributed by atoms with Gasteiger partial charge in [0, 0.05) is 31.0 Å². The SMILES string of the molecule is CNCC1CCN(C(=O)c2cncc(-c3ccc(C)cc3)c2)CC1.Cl.Cl. The fourth-order valence-corrected chi connectivity index (χ4v) is 3.27. The van der Waals surface area contributed by atoms with Crippen LogP contribution in [0.1, 0.15) is 28.8 Å². The Kier molecular flexibility index (Phi) is 9.06. The zero-order valence-electron chi connectivity index (χ0n) is 15.3. The summed E-state index contributed by atoms with van der Waals surface area (Å²) in [6, 6.07) is 10.3. The van der Waals surface area contributed by atoms with Crippen LogP contribution in [0.2, 0.25) is 0 Å². The molecule has 0 radical (unpaired) electrons. The molecule has 1 aliphatic rings. The van der Waals surface area contributed by atoms with Gasteiger partial charge in [0.1, 0.15) is 0 Å². The van der Waals surface area contributed by atoms with Crippen LogP contribution in [-0.2, 0) is 0 Å². The standard InChI is InChI=1S/C20H25N3O.2ClH/c1-15-3-5-17(6-4-15)18-11-19(14-22-13-18)20(24)23-9-7-16(8-10-23)12-21-2;;/h3-6,11,13-14,16,21H,7-10,12H2,1-2H3;2*1H. The topological polar surface area (TPSA) is 45.2 Å². The average molecular weight is 396 g/mol. The van der Waals surface area contributed by atoms with E-state index in [-0.39, 0.29) is 30.7 Å². The van der Waals surface area contributed by atoms with Gasteiger partial charge in [0.05, 0.1) is 5.56 Å². The highest BCUT2D eigenvalue weighted by molar-refractivity contribution is 5.95. The number of nitrogens with one attached hydrogen (secondary N) is 1. The fraction of sp³-hybridized carbons (Fsp3) is 0.400. The Morgan fingerprint density at radius 1 is 1.12 bits per heavy atom. The Labute approximate surface area is 168 Å². The molecule has 142 valence electrons. The molecule has 6 heteroatoms. The van der Waals surface area contributed by atoms with E-state index >= 15 is 0 Å². The van der Waals surface area contributed by atoms with E-state index in [2.05, 4.69) is 41.5 Å².